The Morgan fingerprint density at radius 1 is 0.394 bits per heavy atom. The van der Waals surface area contributed by atoms with Gasteiger partial charge in [-0.2, -0.15) is 9.97 Å². The number of furan rings is 1. The molecule has 0 N–H and O–H groups in total. The van der Waals surface area contributed by atoms with E-state index in [2.05, 4.69) is 200 Å². The molecule has 0 aliphatic heterocycles. The first kappa shape index (κ1) is 37.0. The molecule has 0 amide bonds. The number of fused-ring (bicyclic) bond motifs is 12. The van der Waals surface area contributed by atoms with Gasteiger partial charge in [0.2, 0.25) is 5.95 Å². The fraction of sp³-hybridized carbons (Fsp3) is 0.0656. The largest absolute Gasteiger partial charge is 0.456 e. The molecule has 0 fully saturated rings. The van der Waals surface area contributed by atoms with E-state index >= 15 is 0 Å². The summed E-state index contributed by atoms with van der Waals surface area (Å²) in [6, 6.07) is 74.2. The summed E-state index contributed by atoms with van der Waals surface area (Å²) in [5.74, 6) is 1.82. The zero-order chi connectivity index (χ0) is 43.7. The van der Waals surface area contributed by atoms with Crippen LogP contribution in [-0.4, -0.2) is 19.5 Å². The number of rotatable bonds is 5. The van der Waals surface area contributed by atoms with Crippen molar-refractivity contribution in [2.45, 2.75) is 24.7 Å². The molecule has 2 aliphatic rings. The predicted octanol–water partition coefficient (Wildman–Crippen LogP) is 14.9. The van der Waals surface area contributed by atoms with E-state index in [0.717, 1.165) is 66.0 Å². The predicted molar refractivity (Wildman–Crippen MR) is 267 cm³/mol. The van der Waals surface area contributed by atoms with E-state index in [1.165, 1.54) is 44.5 Å². The van der Waals surface area contributed by atoms with Gasteiger partial charge in [-0.05, 0) is 80.4 Å². The number of para-hydroxylation sites is 3. The molecule has 9 aromatic carbocycles. The van der Waals surface area contributed by atoms with Crippen LogP contribution in [0, 0.1) is 0 Å². The van der Waals surface area contributed by atoms with Gasteiger partial charge in [0.1, 0.15) is 11.2 Å². The highest BCUT2D eigenvalue weighted by Crippen LogP contribution is 2.58. The molecule has 5 heteroatoms. The van der Waals surface area contributed by atoms with Crippen LogP contribution >= 0.6 is 0 Å². The summed E-state index contributed by atoms with van der Waals surface area (Å²) in [5, 5.41) is 4.45. The van der Waals surface area contributed by atoms with Crippen LogP contribution in [0.3, 0.4) is 0 Å². The number of nitrogens with zero attached hydrogens (tertiary/aromatic N) is 4. The first-order valence-electron chi connectivity index (χ1n) is 22.7. The second-order valence-corrected chi connectivity index (χ2v) is 18.3. The molecular formula is C61H40N4O. The number of benzene rings is 9. The minimum atomic E-state index is -0.695. The van der Waals surface area contributed by atoms with Crippen LogP contribution in [0.5, 0.6) is 0 Å². The highest BCUT2D eigenvalue weighted by molar-refractivity contribution is 6.11. The fourth-order valence-corrected chi connectivity index (χ4v) is 11.6. The summed E-state index contributed by atoms with van der Waals surface area (Å²) in [6.07, 6.45) is 0. The van der Waals surface area contributed by atoms with Crippen molar-refractivity contribution in [2.24, 2.45) is 0 Å². The van der Waals surface area contributed by atoms with Crippen molar-refractivity contribution >= 4 is 43.7 Å². The maximum Gasteiger partial charge on any atom is 0.238 e. The second-order valence-electron chi connectivity index (χ2n) is 18.3. The minimum Gasteiger partial charge on any atom is -0.456 e. The molecule has 2 aliphatic carbocycles. The fourth-order valence-electron chi connectivity index (χ4n) is 11.6. The van der Waals surface area contributed by atoms with Crippen molar-refractivity contribution in [3.63, 3.8) is 0 Å². The molecule has 0 radical (unpaired) electrons. The Morgan fingerprint density at radius 3 is 1.74 bits per heavy atom. The normalized spacial score (nSPS) is 14.2. The van der Waals surface area contributed by atoms with E-state index < -0.39 is 5.41 Å². The van der Waals surface area contributed by atoms with Crippen molar-refractivity contribution in [2.75, 3.05) is 0 Å². The monoisotopic (exact) mass is 844 g/mol. The first-order valence-corrected chi connectivity index (χ1v) is 22.7. The van der Waals surface area contributed by atoms with Gasteiger partial charge in [0.15, 0.2) is 11.6 Å². The summed E-state index contributed by atoms with van der Waals surface area (Å²) >= 11 is 0. The van der Waals surface area contributed by atoms with Gasteiger partial charge in [0, 0.05) is 43.7 Å². The zero-order valence-corrected chi connectivity index (χ0v) is 36.3. The molecule has 0 saturated heterocycles. The van der Waals surface area contributed by atoms with Gasteiger partial charge in [-0.25, -0.2) is 4.98 Å². The van der Waals surface area contributed by atoms with Crippen LogP contribution in [0.4, 0.5) is 0 Å². The van der Waals surface area contributed by atoms with E-state index in [1.807, 2.05) is 24.3 Å². The van der Waals surface area contributed by atoms with Crippen molar-refractivity contribution in [3.8, 4) is 51.0 Å². The standard InChI is InChI=1S/C61H40N4O/c1-60(2)48-25-11-6-19-40(48)43-33-31-38(35-52(43)60)58-62-57(37-17-4-3-5-18-37)63-59(64-58)65-53-29-14-9-22-44(53)47-36-39(32-34-54(47)65)61(49-26-12-7-20-41(49)42-21-8-13-27-50(42)61)51-28-16-24-46-45-23-10-15-30-55(45)66-56(46)51/h3-36H,1-2H3. The number of hydrogen-bond acceptors (Lipinski definition) is 4. The number of aromatic nitrogens is 4. The molecule has 12 aromatic rings. The van der Waals surface area contributed by atoms with Crippen molar-refractivity contribution in [3.05, 3.63) is 240 Å². The molecule has 3 heterocycles. The lowest BCUT2D eigenvalue weighted by Crippen LogP contribution is -2.28. The second kappa shape index (κ2) is 13.6. The Kier molecular flexibility index (Phi) is 7.60. The molecule has 310 valence electrons. The molecule has 0 atom stereocenters. The molecule has 14 rings (SSSR count). The summed E-state index contributed by atoms with van der Waals surface area (Å²) in [6.45, 7) is 4.62. The van der Waals surface area contributed by atoms with Crippen LogP contribution < -0.4 is 0 Å². The quantitative estimate of drug-likeness (QED) is 0.173. The molecule has 0 spiro atoms. The van der Waals surface area contributed by atoms with Gasteiger partial charge in [0.05, 0.1) is 16.4 Å². The summed E-state index contributed by atoms with van der Waals surface area (Å²) in [7, 11) is 0. The van der Waals surface area contributed by atoms with E-state index in [9.17, 15) is 0 Å². The van der Waals surface area contributed by atoms with Crippen LogP contribution in [0.25, 0.3) is 94.7 Å². The topological polar surface area (TPSA) is 56.7 Å². The van der Waals surface area contributed by atoms with Crippen molar-refractivity contribution in [1.82, 2.24) is 19.5 Å². The van der Waals surface area contributed by atoms with Gasteiger partial charge >= 0.3 is 0 Å². The SMILES string of the molecule is CC1(C)c2ccccc2-c2ccc(-c3nc(-c4ccccc4)nc(-n4c5ccccc5c5cc(C6(c7cccc8c7oc7ccccc78)c7ccccc7-c7ccccc76)ccc54)n3)cc21. The highest BCUT2D eigenvalue weighted by Gasteiger charge is 2.48. The molecule has 3 aromatic heterocycles. The Labute approximate surface area is 381 Å². The molecule has 0 bridgehead atoms. The smallest absolute Gasteiger partial charge is 0.238 e. The summed E-state index contributed by atoms with van der Waals surface area (Å²) in [4.78, 5) is 15.9. The third-order valence-electron chi connectivity index (χ3n) is 14.6. The van der Waals surface area contributed by atoms with Crippen LogP contribution in [0.15, 0.2) is 211 Å². The molecule has 0 unspecified atom stereocenters. The van der Waals surface area contributed by atoms with Crippen LogP contribution in [0.1, 0.15) is 47.2 Å². The zero-order valence-electron chi connectivity index (χ0n) is 36.3. The maximum atomic E-state index is 6.91. The van der Waals surface area contributed by atoms with Gasteiger partial charge in [0.25, 0.3) is 0 Å². The van der Waals surface area contributed by atoms with Crippen LogP contribution in [0.2, 0.25) is 0 Å². The average Bonchev–Trinajstić information content (AvgIpc) is 4.08. The number of hydrogen-bond donors (Lipinski definition) is 0. The Hall–Kier alpha value is -8.41. The van der Waals surface area contributed by atoms with Crippen molar-refractivity contribution < 1.29 is 4.42 Å². The third-order valence-corrected chi connectivity index (χ3v) is 14.6. The lowest BCUT2D eigenvalue weighted by atomic mass is 9.67. The van der Waals surface area contributed by atoms with Gasteiger partial charge in [-0.3, -0.25) is 4.57 Å². The van der Waals surface area contributed by atoms with E-state index in [4.69, 9.17) is 19.4 Å². The first-order chi connectivity index (χ1) is 32.5. The molecule has 0 saturated carbocycles. The Balaban J connectivity index is 1.03. The summed E-state index contributed by atoms with van der Waals surface area (Å²) < 4.78 is 9.14. The van der Waals surface area contributed by atoms with E-state index in [-0.39, 0.29) is 5.41 Å². The Bertz CT molecular complexity index is 3940. The molecule has 66 heavy (non-hydrogen) atoms. The summed E-state index contributed by atoms with van der Waals surface area (Å²) in [5.41, 5.74) is 17.2. The van der Waals surface area contributed by atoms with Gasteiger partial charge < -0.3 is 4.42 Å². The maximum absolute atomic E-state index is 6.91. The highest BCUT2D eigenvalue weighted by atomic mass is 16.3. The van der Waals surface area contributed by atoms with Crippen molar-refractivity contribution in [1.29, 1.82) is 0 Å². The lowest BCUT2D eigenvalue weighted by Gasteiger charge is -2.34. The van der Waals surface area contributed by atoms with Gasteiger partial charge in [-0.15, -0.1) is 0 Å². The minimum absolute atomic E-state index is 0.168. The Morgan fingerprint density at radius 2 is 0.970 bits per heavy atom. The lowest BCUT2D eigenvalue weighted by molar-refractivity contribution is 0.648. The van der Waals surface area contributed by atoms with E-state index in [1.54, 1.807) is 0 Å². The molecule has 5 nitrogen and oxygen atoms in total. The van der Waals surface area contributed by atoms with Gasteiger partial charge in [-0.1, -0.05) is 190 Å². The van der Waals surface area contributed by atoms with Crippen LogP contribution in [-0.2, 0) is 10.8 Å². The average molecular weight is 845 g/mol. The molecular weight excluding hydrogens is 805 g/mol. The van der Waals surface area contributed by atoms with E-state index in [0.29, 0.717) is 17.6 Å². The third kappa shape index (κ3) is 4.97.